The van der Waals surface area contributed by atoms with Crippen LogP contribution in [0.1, 0.15) is 17.5 Å². The van der Waals surface area contributed by atoms with Crippen LogP contribution < -0.4 is 0 Å². The molecule has 3 N–H and O–H groups in total. The van der Waals surface area contributed by atoms with E-state index in [1.54, 1.807) is 12.1 Å². The summed E-state index contributed by atoms with van der Waals surface area (Å²) in [7, 11) is 0. The highest BCUT2D eigenvalue weighted by Crippen LogP contribution is 2.20. The van der Waals surface area contributed by atoms with E-state index in [2.05, 4.69) is 15.2 Å². The number of aromatic amines is 1. The number of nitrogens with one attached hydrogen (secondary N) is 1. The zero-order valence-electron chi connectivity index (χ0n) is 9.28. The number of carbonyl (C=O) groups is 1. The average Bonchev–Trinajstić information content (AvgIpc) is 2.85. The summed E-state index contributed by atoms with van der Waals surface area (Å²) in [6.07, 6.45) is -0.891. The lowest BCUT2D eigenvalue weighted by molar-refractivity contribution is -0.133. The summed E-state index contributed by atoms with van der Waals surface area (Å²) in [5, 5.41) is 25.3. The van der Waals surface area contributed by atoms with Crippen molar-refractivity contribution in [2.45, 2.75) is 11.3 Å². The second-order valence-electron chi connectivity index (χ2n) is 3.50. The number of nitrogens with zero attached hydrogens (tertiary/aromatic N) is 2. The normalized spacial score (nSPS) is 12.3. The van der Waals surface area contributed by atoms with E-state index in [9.17, 15) is 9.90 Å². The Hall–Kier alpha value is -1.86. The molecule has 6 nitrogen and oxygen atoms in total. The van der Waals surface area contributed by atoms with Gasteiger partial charge in [-0.05, 0) is 5.56 Å². The van der Waals surface area contributed by atoms with Crippen LogP contribution in [0, 0.1) is 0 Å². The molecular formula is C11H11N3O3S. The molecule has 1 atom stereocenters. The number of aliphatic hydroxyl groups excluding tert-OH is 1. The zero-order chi connectivity index (χ0) is 13.0. The topological polar surface area (TPSA) is 99.1 Å². The molecule has 0 fully saturated rings. The van der Waals surface area contributed by atoms with Crippen LogP contribution >= 0.6 is 11.8 Å². The molecule has 0 aliphatic heterocycles. The molecule has 0 aliphatic carbocycles. The molecule has 2 aromatic rings. The first-order chi connectivity index (χ1) is 8.66. The van der Waals surface area contributed by atoms with Gasteiger partial charge in [-0.15, -0.1) is 5.10 Å². The Morgan fingerprint density at radius 3 is 2.78 bits per heavy atom. The van der Waals surface area contributed by atoms with Gasteiger partial charge in [-0.2, -0.15) is 0 Å². The third-order valence-electron chi connectivity index (χ3n) is 2.18. The van der Waals surface area contributed by atoms with Gasteiger partial charge in [0.1, 0.15) is 6.10 Å². The van der Waals surface area contributed by atoms with Gasteiger partial charge in [0.25, 0.3) is 0 Å². The zero-order valence-corrected chi connectivity index (χ0v) is 10.1. The minimum atomic E-state index is -0.935. The van der Waals surface area contributed by atoms with Gasteiger partial charge in [-0.1, -0.05) is 42.1 Å². The maximum Gasteiger partial charge on any atom is 0.313 e. The second-order valence-corrected chi connectivity index (χ2v) is 4.44. The third kappa shape index (κ3) is 3.08. The fourth-order valence-electron chi connectivity index (χ4n) is 1.36. The fraction of sp³-hybridized carbons (Fsp3) is 0.182. The molecule has 0 radical (unpaired) electrons. The van der Waals surface area contributed by atoms with Crippen molar-refractivity contribution in [3.63, 3.8) is 0 Å². The molecule has 0 saturated heterocycles. The number of aliphatic hydroxyl groups is 1. The largest absolute Gasteiger partial charge is 0.481 e. The Morgan fingerprint density at radius 1 is 1.39 bits per heavy atom. The summed E-state index contributed by atoms with van der Waals surface area (Å²) in [4.78, 5) is 14.4. The molecule has 0 saturated carbocycles. The van der Waals surface area contributed by atoms with Crippen LogP contribution in [0.4, 0.5) is 0 Å². The first-order valence-electron chi connectivity index (χ1n) is 5.16. The van der Waals surface area contributed by atoms with Crippen LogP contribution in [-0.4, -0.2) is 37.1 Å². The number of hydrogen-bond donors (Lipinski definition) is 3. The van der Waals surface area contributed by atoms with Crippen molar-refractivity contribution in [3.8, 4) is 0 Å². The maximum absolute atomic E-state index is 10.4. The lowest BCUT2D eigenvalue weighted by atomic mass is 10.1. The number of thioether (sulfide) groups is 1. The van der Waals surface area contributed by atoms with E-state index >= 15 is 0 Å². The van der Waals surface area contributed by atoms with Crippen molar-refractivity contribution >= 4 is 17.7 Å². The molecule has 1 aromatic carbocycles. The molecule has 0 bridgehead atoms. The van der Waals surface area contributed by atoms with Crippen LogP contribution in [-0.2, 0) is 4.79 Å². The summed E-state index contributed by atoms with van der Waals surface area (Å²) in [6.45, 7) is 0. The Balaban J connectivity index is 2.08. The van der Waals surface area contributed by atoms with Crippen molar-refractivity contribution in [1.82, 2.24) is 15.2 Å². The van der Waals surface area contributed by atoms with E-state index in [1.165, 1.54) is 0 Å². The average molecular weight is 265 g/mol. The Morgan fingerprint density at radius 2 is 2.11 bits per heavy atom. The Bertz CT molecular complexity index is 529. The van der Waals surface area contributed by atoms with E-state index in [0.717, 1.165) is 11.8 Å². The van der Waals surface area contributed by atoms with Gasteiger partial charge < -0.3 is 10.2 Å². The molecule has 2 rings (SSSR count). The van der Waals surface area contributed by atoms with Crippen molar-refractivity contribution in [2.24, 2.45) is 0 Å². The summed E-state index contributed by atoms with van der Waals surface area (Å²) < 4.78 is 0. The molecule has 1 unspecified atom stereocenters. The highest BCUT2D eigenvalue weighted by Gasteiger charge is 2.15. The van der Waals surface area contributed by atoms with Crippen LogP contribution in [0.3, 0.4) is 0 Å². The lowest BCUT2D eigenvalue weighted by Gasteiger charge is -2.06. The predicted molar refractivity (Wildman–Crippen MR) is 65.2 cm³/mol. The molecule has 1 heterocycles. The quantitative estimate of drug-likeness (QED) is 0.699. The molecule has 0 aliphatic rings. The Kier molecular flexibility index (Phi) is 3.96. The van der Waals surface area contributed by atoms with E-state index in [1.807, 2.05) is 18.2 Å². The SMILES string of the molecule is O=C(O)CSc1n[nH]c(C(O)c2ccccc2)n1. The minimum Gasteiger partial charge on any atom is -0.481 e. The van der Waals surface area contributed by atoms with Crippen LogP contribution in [0.15, 0.2) is 35.5 Å². The summed E-state index contributed by atoms with van der Waals surface area (Å²) in [5.41, 5.74) is 0.698. The fourth-order valence-corrected chi connectivity index (χ4v) is 1.89. The first-order valence-corrected chi connectivity index (χ1v) is 6.15. The standard InChI is InChI=1S/C11H11N3O3S/c15-8(16)6-18-11-12-10(13-14-11)9(17)7-4-2-1-3-5-7/h1-5,9,17H,6H2,(H,15,16)(H,12,13,14). The van der Waals surface area contributed by atoms with Gasteiger partial charge in [-0.3, -0.25) is 9.89 Å². The molecule has 0 amide bonds. The predicted octanol–water partition coefficient (Wildman–Crippen LogP) is 1.06. The van der Waals surface area contributed by atoms with Crippen molar-refractivity contribution in [2.75, 3.05) is 5.75 Å². The number of rotatable bonds is 5. The Labute approximate surface area is 107 Å². The summed E-state index contributed by atoms with van der Waals surface area (Å²) in [5.74, 6) is -0.748. The number of H-pyrrole nitrogens is 1. The number of carboxylic acids is 1. The molecule has 7 heteroatoms. The molecule has 18 heavy (non-hydrogen) atoms. The maximum atomic E-state index is 10.4. The minimum absolute atomic E-state index is 0.112. The van der Waals surface area contributed by atoms with Gasteiger partial charge in [-0.25, -0.2) is 4.98 Å². The van der Waals surface area contributed by atoms with Crippen LogP contribution in [0.2, 0.25) is 0 Å². The van der Waals surface area contributed by atoms with E-state index < -0.39 is 12.1 Å². The highest BCUT2D eigenvalue weighted by molar-refractivity contribution is 7.99. The van der Waals surface area contributed by atoms with E-state index in [0.29, 0.717) is 16.5 Å². The summed E-state index contributed by atoms with van der Waals surface area (Å²) in [6, 6.07) is 9.03. The van der Waals surface area contributed by atoms with E-state index in [-0.39, 0.29) is 5.75 Å². The van der Waals surface area contributed by atoms with Crippen LogP contribution in [0.5, 0.6) is 0 Å². The smallest absolute Gasteiger partial charge is 0.313 e. The van der Waals surface area contributed by atoms with E-state index in [4.69, 9.17) is 5.11 Å². The molecule has 0 spiro atoms. The molecular weight excluding hydrogens is 254 g/mol. The summed E-state index contributed by atoms with van der Waals surface area (Å²) >= 11 is 0.998. The van der Waals surface area contributed by atoms with Crippen molar-refractivity contribution < 1.29 is 15.0 Å². The number of hydrogen-bond acceptors (Lipinski definition) is 5. The van der Waals surface area contributed by atoms with Gasteiger partial charge in [0.05, 0.1) is 5.75 Å². The van der Waals surface area contributed by atoms with Gasteiger partial charge in [0.2, 0.25) is 5.16 Å². The first kappa shape index (κ1) is 12.6. The second kappa shape index (κ2) is 5.65. The molecule has 1 aromatic heterocycles. The third-order valence-corrected chi connectivity index (χ3v) is 3.01. The molecule has 94 valence electrons. The number of benzene rings is 1. The number of aromatic nitrogens is 3. The van der Waals surface area contributed by atoms with Crippen molar-refractivity contribution in [3.05, 3.63) is 41.7 Å². The van der Waals surface area contributed by atoms with Gasteiger partial charge in [0, 0.05) is 0 Å². The van der Waals surface area contributed by atoms with Crippen molar-refractivity contribution in [1.29, 1.82) is 0 Å². The van der Waals surface area contributed by atoms with Gasteiger partial charge >= 0.3 is 5.97 Å². The highest BCUT2D eigenvalue weighted by atomic mass is 32.2. The van der Waals surface area contributed by atoms with Crippen LogP contribution in [0.25, 0.3) is 0 Å². The number of carboxylic acid groups (broad SMARTS) is 1. The number of aliphatic carboxylic acids is 1. The lowest BCUT2D eigenvalue weighted by Crippen LogP contribution is -2.01. The monoisotopic (exact) mass is 265 g/mol. The van der Waals surface area contributed by atoms with Gasteiger partial charge in [0.15, 0.2) is 5.82 Å².